The molecule has 1 aromatic heterocycles. The molecule has 96 valence electrons. The summed E-state index contributed by atoms with van der Waals surface area (Å²) < 4.78 is 19.6. The quantitative estimate of drug-likeness (QED) is 0.895. The van der Waals surface area contributed by atoms with Gasteiger partial charge in [-0.05, 0) is 45.5 Å². The van der Waals surface area contributed by atoms with E-state index in [2.05, 4.69) is 5.32 Å². The van der Waals surface area contributed by atoms with Crippen LogP contribution in [0.5, 0.6) is 0 Å². The molecular formula is C15H18FNO. The standard InChI is InChI=1S/C15H18FNO/c1-9-5-6-12(14(16)7-9)15(17-4)13-8-10(2)18-11(13)3/h5-8,15,17H,1-4H3. The first-order valence-electron chi connectivity index (χ1n) is 6.03. The molecule has 0 aliphatic carbocycles. The van der Waals surface area contributed by atoms with E-state index in [-0.39, 0.29) is 11.9 Å². The molecule has 0 spiro atoms. The highest BCUT2D eigenvalue weighted by Crippen LogP contribution is 2.29. The Balaban J connectivity index is 2.48. The Labute approximate surface area is 107 Å². The molecular weight excluding hydrogens is 229 g/mol. The second-order valence-electron chi connectivity index (χ2n) is 4.62. The van der Waals surface area contributed by atoms with Crippen LogP contribution < -0.4 is 5.32 Å². The van der Waals surface area contributed by atoms with Crippen LogP contribution in [0.3, 0.4) is 0 Å². The minimum Gasteiger partial charge on any atom is -0.466 e. The van der Waals surface area contributed by atoms with E-state index in [9.17, 15) is 4.39 Å². The molecule has 1 N–H and O–H groups in total. The molecule has 0 bridgehead atoms. The highest BCUT2D eigenvalue weighted by Gasteiger charge is 2.20. The molecule has 0 saturated heterocycles. The lowest BCUT2D eigenvalue weighted by atomic mass is 9.97. The van der Waals surface area contributed by atoms with Crippen molar-refractivity contribution in [3.05, 3.63) is 58.3 Å². The van der Waals surface area contributed by atoms with Gasteiger partial charge in [-0.3, -0.25) is 0 Å². The summed E-state index contributed by atoms with van der Waals surface area (Å²) in [7, 11) is 1.83. The molecule has 0 aliphatic heterocycles. The van der Waals surface area contributed by atoms with Crippen molar-refractivity contribution in [1.82, 2.24) is 5.32 Å². The van der Waals surface area contributed by atoms with Crippen molar-refractivity contribution in [3.63, 3.8) is 0 Å². The topological polar surface area (TPSA) is 25.2 Å². The number of furan rings is 1. The number of rotatable bonds is 3. The molecule has 18 heavy (non-hydrogen) atoms. The minimum atomic E-state index is -0.187. The lowest BCUT2D eigenvalue weighted by Crippen LogP contribution is -2.19. The zero-order chi connectivity index (χ0) is 13.3. The van der Waals surface area contributed by atoms with Crippen LogP contribution in [0.2, 0.25) is 0 Å². The van der Waals surface area contributed by atoms with Crippen LogP contribution in [0.4, 0.5) is 4.39 Å². The van der Waals surface area contributed by atoms with Crippen LogP contribution in [0.25, 0.3) is 0 Å². The molecule has 3 heteroatoms. The summed E-state index contributed by atoms with van der Waals surface area (Å²) in [5.41, 5.74) is 2.55. The van der Waals surface area contributed by atoms with E-state index >= 15 is 0 Å². The van der Waals surface area contributed by atoms with Gasteiger partial charge in [0, 0.05) is 11.1 Å². The maximum Gasteiger partial charge on any atom is 0.128 e. The Morgan fingerprint density at radius 1 is 1.11 bits per heavy atom. The van der Waals surface area contributed by atoms with Crippen LogP contribution in [-0.4, -0.2) is 7.05 Å². The molecule has 1 aromatic carbocycles. The van der Waals surface area contributed by atoms with E-state index in [1.165, 1.54) is 0 Å². The molecule has 0 saturated carbocycles. The Bertz CT molecular complexity index is 560. The maximum absolute atomic E-state index is 14.0. The molecule has 2 nitrogen and oxygen atoms in total. The van der Waals surface area contributed by atoms with Gasteiger partial charge in [0.15, 0.2) is 0 Å². The van der Waals surface area contributed by atoms with Crippen molar-refractivity contribution in [1.29, 1.82) is 0 Å². The van der Waals surface area contributed by atoms with Crippen molar-refractivity contribution in [2.75, 3.05) is 7.05 Å². The maximum atomic E-state index is 14.0. The number of benzene rings is 1. The molecule has 1 unspecified atom stereocenters. The van der Waals surface area contributed by atoms with Crippen molar-refractivity contribution < 1.29 is 8.81 Å². The molecule has 2 aromatic rings. The monoisotopic (exact) mass is 247 g/mol. The number of hydrogen-bond donors (Lipinski definition) is 1. The van der Waals surface area contributed by atoms with E-state index < -0.39 is 0 Å². The lowest BCUT2D eigenvalue weighted by Gasteiger charge is -2.17. The first kappa shape index (κ1) is 12.8. The fraction of sp³-hybridized carbons (Fsp3) is 0.333. The van der Waals surface area contributed by atoms with Crippen LogP contribution in [0, 0.1) is 26.6 Å². The highest BCUT2D eigenvalue weighted by atomic mass is 19.1. The van der Waals surface area contributed by atoms with E-state index in [1.807, 2.05) is 46.0 Å². The third kappa shape index (κ3) is 2.31. The molecule has 0 aliphatic rings. The smallest absolute Gasteiger partial charge is 0.128 e. The van der Waals surface area contributed by atoms with Gasteiger partial charge in [-0.15, -0.1) is 0 Å². The third-order valence-corrected chi connectivity index (χ3v) is 3.15. The summed E-state index contributed by atoms with van der Waals surface area (Å²) in [5.74, 6) is 1.48. The Hall–Kier alpha value is -1.61. The number of nitrogens with one attached hydrogen (secondary N) is 1. The number of halogens is 1. The van der Waals surface area contributed by atoms with Gasteiger partial charge in [0.25, 0.3) is 0 Å². The molecule has 2 rings (SSSR count). The van der Waals surface area contributed by atoms with Crippen LogP contribution >= 0.6 is 0 Å². The summed E-state index contributed by atoms with van der Waals surface area (Å²) >= 11 is 0. The van der Waals surface area contributed by atoms with Gasteiger partial charge < -0.3 is 9.73 Å². The third-order valence-electron chi connectivity index (χ3n) is 3.15. The summed E-state index contributed by atoms with van der Waals surface area (Å²) in [4.78, 5) is 0. The van der Waals surface area contributed by atoms with Gasteiger partial charge in [-0.25, -0.2) is 4.39 Å². The lowest BCUT2D eigenvalue weighted by molar-refractivity contribution is 0.495. The molecule has 0 fully saturated rings. The summed E-state index contributed by atoms with van der Waals surface area (Å²) in [6.07, 6.45) is 0. The second kappa shape index (κ2) is 4.94. The van der Waals surface area contributed by atoms with E-state index in [4.69, 9.17) is 4.42 Å². The van der Waals surface area contributed by atoms with Gasteiger partial charge in [0.05, 0.1) is 6.04 Å². The zero-order valence-corrected chi connectivity index (χ0v) is 11.2. The predicted octanol–water partition coefficient (Wildman–Crippen LogP) is 3.65. The Morgan fingerprint density at radius 2 is 1.83 bits per heavy atom. The van der Waals surface area contributed by atoms with Crippen LogP contribution in [0.15, 0.2) is 28.7 Å². The Kier molecular flexibility index (Phi) is 3.53. The van der Waals surface area contributed by atoms with Crippen LogP contribution in [0.1, 0.15) is 34.3 Å². The van der Waals surface area contributed by atoms with Gasteiger partial charge in [0.2, 0.25) is 0 Å². The van der Waals surface area contributed by atoms with Gasteiger partial charge in [-0.1, -0.05) is 12.1 Å². The zero-order valence-electron chi connectivity index (χ0n) is 11.2. The first-order valence-corrected chi connectivity index (χ1v) is 6.03. The molecule has 0 amide bonds. The first-order chi connectivity index (χ1) is 8.52. The van der Waals surface area contributed by atoms with Crippen LogP contribution in [-0.2, 0) is 0 Å². The predicted molar refractivity (Wildman–Crippen MR) is 70.2 cm³/mol. The van der Waals surface area contributed by atoms with Crippen molar-refractivity contribution in [2.45, 2.75) is 26.8 Å². The van der Waals surface area contributed by atoms with E-state index in [0.717, 1.165) is 22.6 Å². The molecule has 0 radical (unpaired) electrons. The van der Waals surface area contributed by atoms with Crippen molar-refractivity contribution >= 4 is 0 Å². The average molecular weight is 247 g/mol. The summed E-state index contributed by atoms with van der Waals surface area (Å²) in [5, 5.41) is 3.15. The van der Waals surface area contributed by atoms with Gasteiger partial charge >= 0.3 is 0 Å². The van der Waals surface area contributed by atoms with E-state index in [0.29, 0.717) is 5.56 Å². The van der Waals surface area contributed by atoms with Gasteiger partial charge in [0.1, 0.15) is 17.3 Å². The summed E-state index contributed by atoms with van der Waals surface area (Å²) in [6, 6.07) is 7.08. The number of hydrogen-bond acceptors (Lipinski definition) is 2. The fourth-order valence-electron chi connectivity index (χ4n) is 2.28. The second-order valence-corrected chi connectivity index (χ2v) is 4.62. The normalized spacial score (nSPS) is 12.7. The van der Waals surface area contributed by atoms with Crippen molar-refractivity contribution in [2.24, 2.45) is 0 Å². The largest absolute Gasteiger partial charge is 0.466 e. The average Bonchev–Trinajstić information content (AvgIpc) is 2.62. The Morgan fingerprint density at radius 3 is 2.33 bits per heavy atom. The minimum absolute atomic E-state index is 0.178. The van der Waals surface area contributed by atoms with Crippen molar-refractivity contribution in [3.8, 4) is 0 Å². The highest BCUT2D eigenvalue weighted by molar-refractivity contribution is 5.36. The molecule has 1 heterocycles. The fourth-order valence-corrected chi connectivity index (χ4v) is 2.28. The SMILES string of the molecule is CNC(c1ccc(C)cc1F)c1cc(C)oc1C. The summed E-state index contributed by atoms with van der Waals surface area (Å²) in [6.45, 7) is 5.68. The molecule has 1 atom stereocenters. The number of aryl methyl sites for hydroxylation is 3. The van der Waals surface area contributed by atoms with E-state index in [1.54, 1.807) is 6.07 Å². The van der Waals surface area contributed by atoms with Gasteiger partial charge in [-0.2, -0.15) is 0 Å².